The van der Waals surface area contributed by atoms with E-state index in [1.807, 2.05) is 37.3 Å². The topological polar surface area (TPSA) is 64.3 Å². The van der Waals surface area contributed by atoms with Crippen molar-refractivity contribution in [1.82, 2.24) is 9.97 Å². The molecule has 0 spiro atoms. The number of nitrogen functional groups attached to an aromatic ring is 1. The number of ether oxygens (including phenoxy) is 1. The molecule has 1 aromatic carbocycles. The summed E-state index contributed by atoms with van der Waals surface area (Å²) in [6, 6.07) is 9.83. The molecule has 0 unspecified atom stereocenters. The second-order valence-corrected chi connectivity index (χ2v) is 5.79. The Morgan fingerprint density at radius 2 is 2.14 bits per heavy atom. The average molecular weight is 319 g/mol. The summed E-state index contributed by atoms with van der Waals surface area (Å²) >= 11 is 6.39. The molecule has 5 nitrogen and oxygen atoms in total. The first-order valence-electron chi connectivity index (χ1n) is 7.35. The molecule has 22 heavy (non-hydrogen) atoms. The minimum atomic E-state index is 0.0184. The quantitative estimate of drug-likeness (QED) is 0.922. The highest BCUT2D eigenvalue weighted by Gasteiger charge is 2.26. The Balaban J connectivity index is 2.03. The second-order valence-electron chi connectivity index (χ2n) is 5.38. The predicted molar refractivity (Wildman–Crippen MR) is 88.2 cm³/mol. The summed E-state index contributed by atoms with van der Waals surface area (Å²) in [5, 5.41) is 0.738. The number of hydrogen-bond acceptors (Lipinski definition) is 5. The van der Waals surface area contributed by atoms with E-state index in [-0.39, 0.29) is 12.0 Å². The molecule has 1 aliphatic rings. The molecule has 1 fully saturated rings. The van der Waals surface area contributed by atoms with Crippen molar-refractivity contribution in [2.75, 3.05) is 30.4 Å². The Morgan fingerprint density at radius 3 is 2.91 bits per heavy atom. The van der Waals surface area contributed by atoms with Gasteiger partial charge in [0.25, 0.3) is 0 Å². The number of anilines is 2. The summed E-state index contributed by atoms with van der Waals surface area (Å²) in [5.41, 5.74) is 7.71. The smallest absolute Gasteiger partial charge is 0.222 e. The van der Waals surface area contributed by atoms with Crippen LogP contribution in [0.3, 0.4) is 0 Å². The van der Waals surface area contributed by atoms with E-state index in [9.17, 15) is 0 Å². The third kappa shape index (κ3) is 3.15. The van der Waals surface area contributed by atoms with Crippen LogP contribution < -0.4 is 10.6 Å². The van der Waals surface area contributed by atoms with Crippen LogP contribution in [0.1, 0.15) is 23.7 Å². The van der Waals surface area contributed by atoms with Gasteiger partial charge in [0, 0.05) is 29.9 Å². The molecule has 1 aromatic heterocycles. The fourth-order valence-corrected chi connectivity index (χ4v) is 3.04. The first-order valence-corrected chi connectivity index (χ1v) is 7.73. The summed E-state index contributed by atoms with van der Waals surface area (Å²) in [6.07, 6.45) is 0.934. The number of hydrogen-bond donors (Lipinski definition) is 1. The monoisotopic (exact) mass is 318 g/mol. The van der Waals surface area contributed by atoms with Gasteiger partial charge in [-0.2, -0.15) is 4.98 Å². The molecule has 2 N–H and O–H groups in total. The summed E-state index contributed by atoms with van der Waals surface area (Å²) in [5.74, 6) is 1.11. The lowest BCUT2D eigenvalue weighted by Crippen LogP contribution is -2.32. The van der Waals surface area contributed by atoms with Crippen molar-refractivity contribution in [3.8, 4) is 0 Å². The molecule has 116 valence electrons. The van der Waals surface area contributed by atoms with Crippen LogP contribution in [-0.4, -0.2) is 29.7 Å². The molecule has 2 aromatic rings. The molecule has 2 heterocycles. The van der Waals surface area contributed by atoms with Crippen LogP contribution in [-0.2, 0) is 4.74 Å². The zero-order valence-electron chi connectivity index (χ0n) is 12.5. The lowest BCUT2D eigenvalue weighted by molar-refractivity contribution is 0.134. The maximum absolute atomic E-state index is 6.39. The van der Waals surface area contributed by atoms with Crippen molar-refractivity contribution < 1.29 is 4.74 Å². The minimum Gasteiger partial charge on any atom is -0.379 e. The molecule has 6 heteroatoms. The highest BCUT2D eigenvalue weighted by atomic mass is 35.5. The zero-order chi connectivity index (χ0) is 15.5. The normalized spacial score (nSPS) is 19.0. The zero-order valence-corrected chi connectivity index (χ0v) is 13.3. The standard InChI is InChI=1S/C16H19ClN4O/c1-11-9-15(20-16(18)19-11)21-7-4-8-22-10-14(21)12-5-2-3-6-13(12)17/h2-3,5-6,9,14H,4,7-8,10H2,1H3,(H2,18,19,20)/t14-/m0/s1. The fraction of sp³-hybridized carbons (Fsp3) is 0.375. The van der Waals surface area contributed by atoms with E-state index < -0.39 is 0 Å². The van der Waals surface area contributed by atoms with Gasteiger partial charge < -0.3 is 15.4 Å². The number of benzene rings is 1. The molecule has 0 aliphatic carbocycles. The van der Waals surface area contributed by atoms with Gasteiger partial charge in [0.1, 0.15) is 5.82 Å². The first kappa shape index (κ1) is 15.1. The fourth-order valence-electron chi connectivity index (χ4n) is 2.78. The van der Waals surface area contributed by atoms with Crippen LogP contribution in [0.2, 0.25) is 5.02 Å². The Morgan fingerprint density at radius 1 is 1.32 bits per heavy atom. The van der Waals surface area contributed by atoms with Crippen molar-refractivity contribution in [3.63, 3.8) is 0 Å². The Hall–Kier alpha value is -1.85. The van der Waals surface area contributed by atoms with Crippen LogP contribution >= 0.6 is 11.6 Å². The van der Waals surface area contributed by atoms with Gasteiger partial charge in [-0.1, -0.05) is 29.8 Å². The maximum atomic E-state index is 6.39. The van der Waals surface area contributed by atoms with E-state index in [1.165, 1.54) is 0 Å². The van der Waals surface area contributed by atoms with Crippen molar-refractivity contribution >= 4 is 23.4 Å². The number of aryl methyl sites for hydroxylation is 1. The maximum Gasteiger partial charge on any atom is 0.222 e. The van der Waals surface area contributed by atoms with Crippen LogP contribution in [0.25, 0.3) is 0 Å². The summed E-state index contributed by atoms with van der Waals surface area (Å²) in [6.45, 7) is 4.07. The van der Waals surface area contributed by atoms with E-state index in [0.29, 0.717) is 6.61 Å². The van der Waals surface area contributed by atoms with Gasteiger partial charge in [0.15, 0.2) is 0 Å². The van der Waals surface area contributed by atoms with E-state index in [2.05, 4.69) is 14.9 Å². The van der Waals surface area contributed by atoms with Crippen molar-refractivity contribution in [3.05, 3.63) is 46.6 Å². The molecule has 3 rings (SSSR count). The molecule has 1 aliphatic heterocycles. The Bertz CT molecular complexity index is 644. The largest absolute Gasteiger partial charge is 0.379 e. The molecule has 0 radical (unpaired) electrons. The Kier molecular flexibility index (Phi) is 4.45. The van der Waals surface area contributed by atoms with Gasteiger partial charge in [-0.3, -0.25) is 0 Å². The molecule has 0 bridgehead atoms. The van der Waals surface area contributed by atoms with E-state index in [4.69, 9.17) is 22.1 Å². The molecular formula is C16H19ClN4O. The molecule has 1 saturated heterocycles. The summed E-state index contributed by atoms with van der Waals surface area (Å²) in [4.78, 5) is 10.8. The number of aromatic nitrogens is 2. The second kappa shape index (κ2) is 6.50. The van der Waals surface area contributed by atoms with E-state index in [0.717, 1.165) is 41.7 Å². The number of nitrogens with two attached hydrogens (primary N) is 1. The average Bonchev–Trinajstić information content (AvgIpc) is 2.72. The third-order valence-electron chi connectivity index (χ3n) is 3.76. The number of halogens is 1. The van der Waals surface area contributed by atoms with Crippen LogP contribution in [0.4, 0.5) is 11.8 Å². The molecule has 0 amide bonds. The van der Waals surface area contributed by atoms with Gasteiger partial charge in [0.05, 0.1) is 12.6 Å². The number of rotatable bonds is 2. The lowest BCUT2D eigenvalue weighted by atomic mass is 10.1. The van der Waals surface area contributed by atoms with Crippen LogP contribution in [0.5, 0.6) is 0 Å². The third-order valence-corrected chi connectivity index (χ3v) is 4.10. The van der Waals surface area contributed by atoms with Crippen LogP contribution in [0.15, 0.2) is 30.3 Å². The van der Waals surface area contributed by atoms with Gasteiger partial charge >= 0.3 is 0 Å². The van der Waals surface area contributed by atoms with Crippen molar-refractivity contribution in [1.29, 1.82) is 0 Å². The predicted octanol–water partition coefficient (Wildman–Crippen LogP) is 2.99. The molecular weight excluding hydrogens is 300 g/mol. The van der Waals surface area contributed by atoms with E-state index >= 15 is 0 Å². The highest BCUT2D eigenvalue weighted by Crippen LogP contribution is 2.32. The Labute approximate surface area is 135 Å². The molecule has 0 saturated carbocycles. The first-order chi connectivity index (χ1) is 10.6. The number of nitrogens with zero attached hydrogens (tertiary/aromatic N) is 3. The van der Waals surface area contributed by atoms with Gasteiger partial charge in [-0.25, -0.2) is 4.98 Å². The van der Waals surface area contributed by atoms with Crippen molar-refractivity contribution in [2.45, 2.75) is 19.4 Å². The van der Waals surface area contributed by atoms with Gasteiger partial charge in [-0.05, 0) is 25.0 Å². The van der Waals surface area contributed by atoms with Crippen LogP contribution in [0, 0.1) is 6.92 Å². The van der Waals surface area contributed by atoms with E-state index in [1.54, 1.807) is 0 Å². The van der Waals surface area contributed by atoms with Gasteiger partial charge in [-0.15, -0.1) is 0 Å². The summed E-state index contributed by atoms with van der Waals surface area (Å²) in [7, 11) is 0. The molecule has 1 atom stereocenters. The highest BCUT2D eigenvalue weighted by molar-refractivity contribution is 6.31. The van der Waals surface area contributed by atoms with Crippen molar-refractivity contribution in [2.24, 2.45) is 0 Å². The lowest BCUT2D eigenvalue weighted by Gasteiger charge is -2.31. The SMILES string of the molecule is Cc1cc(N2CCCOC[C@H]2c2ccccc2Cl)nc(N)n1. The van der Waals surface area contributed by atoms with Gasteiger partial charge in [0.2, 0.25) is 5.95 Å². The summed E-state index contributed by atoms with van der Waals surface area (Å²) < 4.78 is 5.75. The minimum absolute atomic E-state index is 0.0184.